The number of carbonyl (C=O) groups excluding carboxylic acids is 1. The third-order valence-corrected chi connectivity index (χ3v) is 4.07. The van der Waals surface area contributed by atoms with Crippen molar-refractivity contribution in [3.8, 4) is 16.7 Å². The summed E-state index contributed by atoms with van der Waals surface area (Å²) in [4.78, 5) is 16.2. The number of hydrogen-bond donors (Lipinski definition) is 2. The number of amides is 2. The number of thiazole rings is 1. The fourth-order valence-electron chi connectivity index (χ4n) is 2.24. The lowest BCUT2D eigenvalue weighted by Gasteiger charge is -2.12. The maximum absolute atomic E-state index is 12.1. The Morgan fingerprint density at radius 1 is 1.15 bits per heavy atom. The highest BCUT2D eigenvalue weighted by molar-refractivity contribution is 7.11. The molecule has 0 saturated carbocycles. The summed E-state index contributed by atoms with van der Waals surface area (Å²) in [5.41, 5.74) is 1.60. The summed E-state index contributed by atoms with van der Waals surface area (Å²) in [5.74, 6) is 1.35. The smallest absolute Gasteiger partial charge is 0.319 e. The van der Waals surface area contributed by atoms with Crippen LogP contribution in [-0.4, -0.2) is 17.6 Å². The molecule has 0 atom stereocenters. The molecular weight excluding hydrogens is 350 g/mol. The van der Waals surface area contributed by atoms with Crippen molar-refractivity contribution >= 4 is 23.1 Å². The lowest BCUT2D eigenvalue weighted by Crippen LogP contribution is -2.28. The molecule has 2 N–H and O–H groups in total. The minimum absolute atomic E-state index is 0.291. The molecule has 0 aliphatic carbocycles. The van der Waals surface area contributed by atoms with E-state index in [-0.39, 0.29) is 6.03 Å². The average molecular weight is 369 g/mol. The monoisotopic (exact) mass is 369 g/mol. The van der Waals surface area contributed by atoms with E-state index in [1.807, 2.05) is 54.8 Å². The van der Waals surface area contributed by atoms with Gasteiger partial charge in [0, 0.05) is 18.1 Å². The number of urea groups is 1. The van der Waals surface area contributed by atoms with Gasteiger partial charge in [-0.05, 0) is 36.8 Å². The Kier molecular flexibility index (Phi) is 6.05. The number of aromatic nitrogens is 1. The summed E-state index contributed by atoms with van der Waals surface area (Å²) >= 11 is 1.43. The van der Waals surface area contributed by atoms with Crippen molar-refractivity contribution in [3.63, 3.8) is 0 Å². The van der Waals surface area contributed by atoms with Crippen molar-refractivity contribution < 1.29 is 14.3 Å². The van der Waals surface area contributed by atoms with Crippen LogP contribution in [0.4, 0.5) is 10.5 Å². The molecule has 0 bridgehead atoms. The van der Waals surface area contributed by atoms with Gasteiger partial charge < -0.3 is 20.1 Å². The number of benzene rings is 2. The number of hydrogen-bond acceptors (Lipinski definition) is 5. The Morgan fingerprint density at radius 2 is 1.96 bits per heavy atom. The zero-order valence-corrected chi connectivity index (χ0v) is 15.1. The quantitative estimate of drug-likeness (QED) is 0.635. The van der Waals surface area contributed by atoms with E-state index < -0.39 is 0 Å². The van der Waals surface area contributed by atoms with Crippen molar-refractivity contribution in [1.29, 1.82) is 0 Å². The lowest BCUT2D eigenvalue weighted by atomic mass is 10.2. The number of rotatable bonds is 7. The zero-order chi connectivity index (χ0) is 18.2. The summed E-state index contributed by atoms with van der Waals surface area (Å²) in [5, 5.41) is 8.08. The topological polar surface area (TPSA) is 72.5 Å². The van der Waals surface area contributed by atoms with Crippen LogP contribution in [0, 0.1) is 0 Å². The molecule has 3 rings (SSSR count). The average Bonchev–Trinajstić information content (AvgIpc) is 3.16. The number of nitrogens with zero attached hydrogens (tertiary/aromatic N) is 1. The SMILES string of the molecule is CCOc1ccccc1NC(=O)NCc1ccc(Oc2nccs2)cc1. The third-order valence-electron chi connectivity index (χ3n) is 3.43. The van der Waals surface area contributed by atoms with Gasteiger partial charge in [-0.2, -0.15) is 0 Å². The second-order valence-corrected chi connectivity index (χ2v) is 6.14. The van der Waals surface area contributed by atoms with Gasteiger partial charge in [0.1, 0.15) is 11.5 Å². The van der Waals surface area contributed by atoms with E-state index in [1.165, 1.54) is 11.3 Å². The first-order valence-electron chi connectivity index (χ1n) is 8.17. The van der Waals surface area contributed by atoms with E-state index in [2.05, 4.69) is 15.6 Å². The Bertz CT molecular complexity index is 836. The molecule has 26 heavy (non-hydrogen) atoms. The Labute approximate surface area is 155 Å². The van der Waals surface area contributed by atoms with E-state index in [0.717, 1.165) is 5.56 Å². The van der Waals surface area contributed by atoms with Gasteiger partial charge in [-0.3, -0.25) is 0 Å². The van der Waals surface area contributed by atoms with E-state index in [4.69, 9.17) is 9.47 Å². The Morgan fingerprint density at radius 3 is 2.69 bits per heavy atom. The van der Waals surface area contributed by atoms with Gasteiger partial charge in [-0.15, -0.1) is 0 Å². The molecule has 7 heteroatoms. The summed E-state index contributed by atoms with van der Waals surface area (Å²) in [6, 6.07) is 14.5. The number of ether oxygens (including phenoxy) is 2. The number of anilines is 1. The van der Waals surface area contributed by atoms with Gasteiger partial charge in [-0.25, -0.2) is 9.78 Å². The minimum Gasteiger partial charge on any atom is -0.492 e. The summed E-state index contributed by atoms with van der Waals surface area (Å²) in [7, 11) is 0. The van der Waals surface area contributed by atoms with Crippen LogP contribution in [0.1, 0.15) is 12.5 Å². The van der Waals surface area contributed by atoms with Gasteiger partial charge in [0.25, 0.3) is 5.19 Å². The molecule has 1 aromatic heterocycles. The van der Waals surface area contributed by atoms with Crippen LogP contribution in [0.3, 0.4) is 0 Å². The molecule has 0 spiro atoms. The van der Waals surface area contributed by atoms with Crippen molar-refractivity contribution in [2.45, 2.75) is 13.5 Å². The Hall–Kier alpha value is -3.06. The second kappa shape index (κ2) is 8.87. The van der Waals surface area contributed by atoms with Crippen LogP contribution in [0.5, 0.6) is 16.7 Å². The fraction of sp³-hybridized carbons (Fsp3) is 0.158. The second-order valence-electron chi connectivity index (χ2n) is 5.28. The van der Waals surface area contributed by atoms with E-state index in [9.17, 15) is 4.79 Å². The molecule has 6 nitrogen and oxygen atoms in total. The van der Waals surface area contributed by atoms with Gasteiger partial charge in [0.2, 0.25) is 0 Å². The fourth-order valence-corrected chi connectivity index (χ4v) is 2.74. The highest BCUT2D eigenvalue weighted by Crippen LogP contribution is 2.24. The molecule has 2 amide bonds. The Balaban J connectivity index is 1.51. The van der Waals surface area contributed by atoms with Crippen molar-refractivity contribution in [2.24, 2.45) is 0 Å². The van der Waals surface area contributed by atoms with Gasteiger partial charge in [0.05, 0.1) is 12.3 Å². The molecule has 3 aromatic rings. The van der Waals surface area contributed by atoms with Crippen LogP contribution in [0.15, 0.2) is 60.1 Å². The standard InChI is InChI=1S/C19H19N3O3S/c1-2-24-17-6-4-3-5-16(17)22-18(23)21-13-14-7-9-15(10-8-14)25-19-20-11-12-26-19/h3-12H,2,13H2,1H3,(H2,21,22,23). The van der Waals surface area contributed by atoms with Crippen molar-refractivity contribution in [2.75, 3.05) is 11.9 Å². The van der Waals surface area contributed by atoms with Crippen molar-refractivity contribution in [1.82, 2.24) is 10.3 Å². The summed E-state index contributed by atoms with van der Waals surface area (Å²) < 4.78 is 11.1. The van der Waals surface area contributed by atoms with Crippen LogP contribution in [0.2, 0.25) is 0 Å². The largest absolute Gasteiger partial charge is 0.492 e. The maximum Gasteiger partial charge on any atom is 0.319 e. The minimum atomic E-state index is -0.291. The highest BCUT2D eigenvalue weighted by Gasteiger charge is 2.07. The molecule has 0 unspecified atom stereocenters. The summed E-state index contributed by atoms with van der Waals surface area (Å²) in [6.07, 6.45) is 1.70. The van der Waals surface area contributed by atoms with Crippen molar-refractivity contribution in [3.05, 3.63) is 65.7 Å². The number of nitrogens with one attached hydrogen (secondary N) is 2. The van der Waals surface area contributed by atoms with Crippen LogP contribution in [-0.2, 0) is 6.54 Å². The lowest BCUT2D eigenvalue weighted by molar-refractivity contribution is 0.251. The molecule has 2 aromatic carbocycles. The molecule has 0 radical (unpaired) electrons. The van der Waals surface area contributed by atoms with E-state index >= 15 is 0 Å². The first-order chi connectivity index (χ1) is 12.7. The number of carbonyl (C=O) groups is 1. The van der Waals surface area contributed by atoms with E-state index in [1.54, 1.807) is 12.3 Å². The van der Waals surface area contributed by atoms with Gasteiger partial charge in [0.15, 0.2) is 0 Å². The molecular formula is C19H19N3O3S. The summed E-state index contributed by atoms with van der Waals surface area (Å²) in [6.45, 7) is 2.84. The molecule has 0 saturated heterocycles. The van der Waals surface area contributed by atoms with E-state index in [0.29, 0.717) is 35.5 Å². The predicted molar refractivity (Wildman–Crippen MR) is 102 cm³/mol. The van der Waals surface area contributed by atoms with Gasteiger partial charge in [-0.1, -0.05) is 35.6 Å². The third kappa shape index (κ3) is 4.97. The van der Waals surface area contributed by atoms with Gasteiger partial charge >= 0.3 is 6.03 Å². The zero-order valence-electron chi connectivity index (χ0n) is 14.3. The normalized spacial score (nSPS) is 10.2. The highest BCUT2D eigenvalue weighted by atomic mass is 32.1. The molecule has 0 aliphatic heterocycles. The number of para-hydroxylation sites is 2. The van der Waals surface area contributed by atoms with Crippen LogP contribution in [0.25, 0.3) is 0 Å². The molecule has 0 fully saturated rings. The van der Waals surface area contributed by atoms with Crippen LogP contribution >= 0.6 is 11.3 Å². The molecule has 134 valence electrons. The maximum atomic E-state index is 12.1. The first kappa shape index (κ1) is 17.8. The first-order valence-corrected chi connectivity index (χ1v) is 9.05. The predicted octanol–water partition coefficient (Wildman–Crippen LogP) is 4.66. The molecule has 1 heterocycles. The van der Waals surface area contributed by atoms with Crippen LogP contribution < -0.4 is 20.1 Å². The molecule has 0 aliphatic rings.